The summed E-state index contributed by atoms with van der Waals surface area (Å²) in [6, 6.07) is 0. The molecule has 0 radical (unpaired) electrons. The van der Waals surface area contributed by atoms with E-state index in [4.69, 9.17) is 33.2 Å². The molecule has 0 saturated carbocycles. The highest BCUT2D eigenvalue weighted by atomic mass is 16.7. The Kier molecular flexibility index (Phi) is 13.2. The number of rotatable bonds is 4. The molecule has 0 spiro atoms. The van der Waals surface area contributed by atoms with Gasteiger partial charge >= 0.3 is 5.97 Å². The highest BCUT2D eigenvalue weighted by Crippen LogP contribution is 2.56. The van der Waals surface area contributed by atoms with E-state index >= 15 is 0 Å². The largest absolute Gasteiger partial charge is 0.454 e. The van der Waals surface area contributed by atoms with Crippen molar-refractivity contribution < 1.29 is 63.5 Å². The SMILES string of the molecule is CC[C@@H]1O[C@@H]([C@]2(C)C[C@@H](C)[C@](O)([C@]3(C)CC[C@@H]([C@H]4OC(=O)[C@H](C)[C@H]5O[C@H](CC[C@@H]5C)C[C@@H](O)[C@H](C)[C@H]5CC[C@H](C)[C@@](O)(C[C@H]6O[C@]4(O)[C@H](C)C[C@@H]6C)O5)O3)O2)CC[C@@]1(C)O. The first-order chi connectivity index (χ1) is 27.9. The van der Waals surface area contributed by atoms with Crippen molar-refractivity contribution in [2.24, 2.45) is 41.4 Å². The molecule has 13 nitrogen and oxygen atoms in total. The van der Waals surface area contributed by atoms with Gasteiger partial charge in [0, 0.05) is 30.1 Å². The molecule has 13 heteroatoms. The summed E-state index contributed by atoms with van der Waals surface area (Å²) in [6.45, 7) is 21.3. The first-order valence-corrected chi connectivity index (χ1v) is 23.7. The van der Waals surface area contributed by atoms with Crippen LogP contribution in [0.2, 0.25) is 0 Å². The van der Waals surface area contributed by atoms with E-state index in [0.717, 1.165) is 12.8 Å². The second kappa shape index (κ2) is 16.8. The number of aliphatic hydroxyl groups excluding tert-OH is 1. The summed E-state index contributed by atoms with van der Waals surface area (Å²) >= 11 is 0. The fourth-order valence-electron chi connectivity index (χ4n) is 12.7. The Morgan fingerprint density at radius 3 is 2.12 bits per heavy atom. The lowest BCUT2D eigenvalue weighted by Gasteiger charge is -2.52. The van der Waals surface area contributed by atoms with Crippen molar-refractivity contribution in [3.63, 3.8) is 0 Å². The predicted octanol–water partition coefficient (Wildman–Crippen LogP) is 5.91. The Morgan fingerprint density at radius 2 is 1.42 bits per heavy atom. The van der Waals surface area contributed by atoms with Gasteiger partial charge in [0.25, 0.3) is 0 Å². The predicted molar refractivity (Wildman–Crippen MR) is 221 cm³/mol. The molecule has 0 aliphatic carbocycles. The van der Waals surface area contributed by atoms with Gasteiger partial charge in [-0.1, -0.05) is 48.5 Å². The molecule has 6 bridgehead atoms. The number of aliphatic hydroxyl groups is 5. The molecule has 0 amide bonds. The fourth-order valence-corrected chi connectivity index (χ4v) is 12.7. The van der Waals surface area contributed by atoms with E-state index in [1.54, 1.807) is 6.92 Å². The average molecular weight is 853 g/mol. The Morgan fingerprint density at radius 1 is 0.700 bits per heavy atom. The van der Waals surface area contributed by atoms with Crippen molar-refractivity contribution in [3.8, 4) is 0 Å². The molecule has 0 aromatic heterocycles. The van der Waals surface area contributed by atoms with Crippen LogP contribution in [0.4, 0.5) is 0 Å². The summed E-state index contributed by atoms with van der Waals surface area (Å²) in [6.07, 6.45) is 1.36. The molecule has 0 unspecified atom stereocenters. The molecule has 0 aromatic carbocycles. The zero-order chi connectivity index (χ0) is 44.0. The summed E-state index contributed by atoms with van der Waals surface area (Å²) < 4.78 is 46.8. The molecule has 22 atom stereocenters. The van der Waals surface area contributed by atoms with E-state index in [0.29, 0.717) is 64.2 Å². The topological polar surface area (TPSA) is 183 Å². The van der Waals surface area contributed by atoms with Crippen LogP contribution in [-0.4, -0.2) is 121 Å². The van der Waals surface area contributed by atoms with E-state index in [9.17, 15) is 30.3 Å². The summed E-state index contributed by atoms with van der Waals surface area (Å²) in [5.41, 5.74) is -3.09. The summed E-state index contributed by atoms with van der Waals surface area (Å²) in [5.74, 6) is -8.08. The maximum absolute atomic E-state index is 14.6. The number of fused-ring (bicyclic) bond motifs is 6. The molecule has 7 aliphatic heterocycles. The van der Waals surface area contributed by atoms with Crippen LogP contribution >= 0.6 is 0 Å². The van der Waals surface area contributed by atoms with Crippen LogP contribution in [0, 0.1) is 41.4 Å². The Balaban J connectivity index is 1.21. The van der Waals surface area contributed by atoms with Gasteiger partial charge in [-0.05, 0) is 117 Å². The Labute approximate surface area is 358 Å². The van der Waals surface area contributed by atoms with Gasteiger partial charge in [0.05, 0.1) is 59.8 Å². The molecule has 7 fully saturated rings. The molecule has 5 N–H and O–H groups in total. The maximum atomic E-state index is 14.6. The van der Waals surface area contributed by atoms with Crippen molar-refractivity contribution in [2.45, 2.75) is 249 Å². The van der Waals surface area contributed by atoms with Crippen LogP contribution in [0.15, 0.2) is 0 Å². The summed E-state index contributed by atoms with van der Waals surface area (Å²) in [4.78, 5) is 14.6. The standard InChI is InChI=1S/C47H80O13/c1-12-37-42(9,50)19-18-38(55-37)43(10)23-29(6)47(53,60-43)44(11)20-17-35(57-44)40-46(52)28(5)21-26(3)36(59-46)24-45(51)27(4)14-16-34(58-45)30(7)33(48)22-32-15-13-25(2)39(54-32)31(8)41(49)56-40/h25-40,48,50-53H,12-24H2,1-11H3/t25-,26-,27-,28+,29+,30-,31+,32+,33+,34+,35-,36+,37-,38+,39-,40+,42+,43-,44-,45+,46+,47+/m0/s1. The number of ether oxygens (including phenoxy) is 7. The normalized spacial score (nSPS) is 57.1. The molecule has 7 heterocycles. The van der Waals surface area contributed by atoms with Crippen LogP contribution in [0.1, 0.15) is 160 Å². The first-order valence-electron chi connectivity index (χ1n) is 23.7. The van der Waals surface area contributed by atoms with Crippen LogP contribution in [0.25, 0.3) is 0 Å². The monoisotopic (exact) mass is 853 g/mol. The zero-order valence-corrected chi connectivity index (χ0v) is 38.4. The van der Waals surface area contributed by atoms with Crippen LogP contribution < -0.4 is 0 Å². The highest BCUT2D eigenvalue weighted by molar-refractivity contribution is 5.73. The third kappa shape index (κ3) is 8.28. The third-order valence-electron chi connectivity index (χ3n) is 17.1. The maximum Gasteiger partial charge on any atom is 0.311 e. The number of cyclic esters (lactones) is 1. The number of carbonyl (C=O) groups excluding carboxylic acids is 1. The quantitative estimate of drug-likeness (QED) is 0.211. The lowest BCUT2D eigenvalue weighted by Crippen LogP contribution is -2.64. The second-order valence-corrected chi connectivity index (χ2v) is 21.9. The van der Waals surface area contributed by atoms with Gasteiger partial charge < -0.3 is 58.7 Å². The number of esters is 1. The van der Waals surface area contributed by atoms with Gasteiger partial charge in [0.15, 0.2) is 17.7 Å². The molecule has 346 valence electrons. The van der Waals surface area contributed by atoms with Crippen molar-refractivity contribution >= 4 is 5.97 Å². The minimum atomic E-state index is -2.03. The fraction of sp³-hybridized carbons (Fsp3) is 0.979. The third-order valence-corrected chi connectivity index (χ3v) is 17.1. The van der Waals surface area contributed by atoms with E-state index in [-0.39, 0.29) is 54.3 Å². The van der Waals surface area contributed by atoms with Crippen LogP contribution in [0.5, 0.6) is 0 Å². The minimum Gasteiger partial charge on any atom is -0.454 e. The van der Waals surface area contributed by atoms with E-state index < -0.39 is 88.6 Å². The van der Waals surface area contributed by atoms with Crippen LogP contribution in [-0.2, 0) is 38.0 Å². The number of hydrogen-bond donors (Lipinski definition) is 5. The lowest BCUT2D eigenvalue weighted by molar-refractivity contribution is -0.374. The van der Waals surface area contributed by atoms with Crippen LogP contribution in [0.3, 0.4) is 0 Å². The smallest absolute Gasteiger partial charge is 0.311 e. The Bertz CT molecular complexity index is 1530. The zero-order valence-electron chi connectivity index (χ0n) is 38.4. The van der Waals surface area contributed by atoms with Gasteiger partial charge in [-0.2, -0.15) is 0 Å². The summed E-state index contributed by atoms with van der Waals surface area (Å²) in [7, 11) is 0. The first kappa shape index (κ1) is 47.0. The van der Waals surface area contributed by atoms with Gasteiger partial charge in [-0.3, -0.25) is 4.79 Å². The molecule has 0 aromatic rings. The molecule has 7 rings (SSSR count). The number of hydrogen-bond acceptors (Lipinski definition) is 13. The van der Waals surface area contributed by atoms with Crippen molar-refractivity contribution in [1.82, 2.24) is 0 Å². The second-order valence-electron chi connectivity index (χ2n) is 21.9. The van der Waals surface area contributed by atoms with Gasteiger partial charge in [-0.25, -0.2) is 0 Å². The molecule has 60 heavy (non-hydrogen) atoms. The van der Waals surface area contributed by atoms with Gasteiger partial charge in [0.2, 0.25) is 5.79 Å². The van der Waals surface area contributed by atoms with Crippen molar-refractivity contribution in [2.75, 3.05) is 0 Å². The van der Waals surface area contributed by atoms with Gasteiger partial charge in [0.1, 0.15) is 11.7 Å². The van der Waals surface area contributed by atoms with Crippen molar-refractivity contribution in [1.29, 1.82) is 0 Å². The summed E-state index contributed by atoms with van der Waals surface area (Å²) in [5, 5.41) is 60.6. The highest BCUT2D eigenvalue weighted by Gasteiger charge is 2.68. The molecule has 7 saturated heterocycles. The molecular formula is C47H80O13. The Hall–Kier alpha value is -0.970. The van der Waals surface area contributed by atoms with E-state index in [2.05, 4.69) is 6.92 Å². The van der Waals surface area contributed by atoms with E-state index in [1.165, 1.54) is 0 Å². The lowest BCUT2D eigenvalue weighted by atomic mass is 9.76. The molecular weight excluding hydrogens is 773 g/mol. The van der Waals surface area contributed by atoms with Crippen molar-refractivity contribution in [3.05, 3.63) is 0 Å². The van der Waals surface area contributed by atoms with E-state index in [1.807, 2.05) is 62.3 Å². The number of carbonyl (C=O) groups is 1. The minimum absolute atomic E-state index is 0.0395. The average Bonchev–Trinajstić information content (AvgIpc) is 3.70. The van der Waals surface area contributed by atoms with Gasteiger partial charge in [-0.15, -0.1) is 0 Å². The molecule has 7 aliphatic rings.